The summed E-state index contributed by atoms with van der Waals surface area (Å²) in [7, 11) is 0. The van der Waals surface area contributed by atoms with Gasteiger partial charge in [0.25, 0.3) is 5.91 Å². The lowest BCUT2D eigenvalue weighted by Gasteiger charge is -2.06. The molecule has 0 fully saturated rings. The van der Waals surface area contributed by atoms with Crippen LogP contribution in [0.2, 0.25) is 0 Å². The molecular formula is C18H15NO3S. The SMILES string of the molecule is NC(=O)c1sc2ccccc2c1-c1cccc(CCC(=O)O)c1. The summed E-state index contributed by atoms with van der Waals surface area (Å²) in [4.78, 5) is 23.1. The molecule has 5 heteroatoms. The summed E-state index contributed by atoms with van der Waals surface area (Å²) in [6.45, 7) is 0. The zero-order valence-electron chi connectivity index (χ0n) is 12.3. The van der Waals surface area contributed by atoms with Crippen molar-refractivity contribution in [3.05, 3.63) is 59.0 Å². The maximum atomic E-state index is 11.8. The number of aliphatic carboxylic acids is 1. The normalized spacial score (nSPS) is 10.8. The molecule has 3 aromatic rings. The van der Waals surface area contributed by atoms with Crippen LogP contribution in [-0.4, -0.2) is 17.0 Å². The molecule has 0 unspecified atom stereocenters. The number of carboxylic acids is 1. The van der Waals surface area contributed by atoms with Gasteiger partial charge < -0.3 is 10.8 Å². The number of primary amides is 1. The van der Waals surface area contributed by atoms with E-state index < -0.39 is 11.9 Å². The van der Waals surface area contributed by atoms with Crippen molar-refractivity contribution in [3.63, 3.8) is 0 Å². The first-order chi connectivity index (χ1) is 11.1. The highest BCUT2D eigenvalue weighted by Crippen LogP contribution is 2.38. The molecule has 0 atom stereocenters. The van der Waals surface area contributed by atoms with E-state index in [-0.39, 0.29) is 6.42 Å². The number of carboxylic acid groups (broad SMARTS) is 1. The lowest BCUT2D eigenvalue weighted by atomic mass is 9.98. The molecule has 0 bridgehead atoms. The van der Waals surface area contributed by atoms with E-state index in [1.807, 2.05) is 48.5 Å². The van der Waals surface area contributed by atoms with E-state index in [2.05, 4.69) is 0 Å². The molecule has 0 aliphatic rings. The summed E-state index contributed by atoms with van der Waals surface area (Å²) in [5.74, 6) is -1.27. The van der Waals surface area contributed by atoms with Crippen molar-refractivity contribution in [2.45, 2.75) is 12.8 Å². The van der Waals surface area contributed by atoms with E-state index in [4.69, 9.17) is 10.8 Å². The minimum absolute atomic E-state index is 0.0799. The van der Waals surface area contributed by atoms with Crippen LogP contribution >= 0.6 is 11.3 Å². The standard InChI is InChI=1S/C18H15NO3S/c19-18(22)17-16(13-6-1-2-7-14(13)23-17)12-5-3-4-11(10-12)8-9-15(20)21/h1-7,10H,8-9H2,(H2,19,22)(H,20,21). The van der Waals surface area contributed by atoms with E-state index in [0.717, 1.165) is 26.8 Å². The molecule has 23 heavy (non-hydrogen) atoms. The molecule has 4 nitrogen and oxygen atoms in total. The van der Waals surface area contributed by atoms with Gasteiger partial charge >= 0.3 is 5.97 Å². The van der Waals surface area contributed by atoms with Crippen molar-refractivity contribution in [1.29, 1.82) is 0 Å². The summed E-state index contributed by atoms with van der Waals surface area (Å²) >= 11 is 1.38. The first-order valence-corrected chi connectivity index (χ1v) is 8.00. The average molecular weight is 325 g/mol. The number of benzene rings is 2. The number of carbonyl (C=O) groups excluding carboxylic acids is 1. The fraction of sp³-hybridized carbons (Fsp3) is 0.111. The molecule has 0 aliphatic carbocycles. The smallest absolute Gasteiger partial charge is 0.303 e. The number of fused-ring (bicyclic) bond motifs is 1. The molecule has 0 radical (unpaired) electrons. The lowest BCUT2D eigenvalue weighted by Crippen LogP contribution is -2.09. The third-order valence-electron chi connectivity index (χ3n) is 3.66. The largest absolute Gasteiger partial charge is 0.481 e. The highest BCUT2D eigenvalue weighted by Gasteiger charge is 2.17. The quantitative estimate of drug-likeness (QED) is 0.751. The van der Waals surface area contributed by atoms with Gasteiger partial charge in [-0.1, -0.05) is 42.5 Å². The molecule has 1 aromatic heterocycles. The van der Waals surface area contributed by atoms with Gasteiger partial charge in [0.2, 0.25) is 0 Å². The van der Waals surface area contributed by atoms with E-state index in [1.165, 1.54) is 11.3 Å². The Morgan fingerprint density at radius 1 is 1.09 bits per heavy atom. The number of hydrogen-bond donors (Lipinski definition) is 2. The maximum absolute atomic E-state index is 11.8. The summed E-state index contributed by atoms with van der Waals surface area (Å²) in [6.07, 6.45) is 0.535. The van der Waals surface area contributed by atoms with E-state index >= 15 is 0 Å². The van der Waals surface area contributed by atoms with Crippen molar-refractivity contribution in [2.24, 2.45) is 5.73 Å². The molecule has 0 spiro atoms. The van der Waals surface area contributed by atoms with Gasteiger partial charge in [0.1, 0.15) is 4.88 Å². The van der Waals surface area contributed by atoms with Crippen molar-refractivity contribution in [3.8, 4) is 11.1 Å². The molecule has 1 amide bonds. The Labute approximate surface area is 137 Å². The Balaban J connectivity index is 2.12. The molecule has 0 saturated carbocycles. The second-order valence-electron chi connectivity index (χ2n) is 5.26. The molecule has 116 valence electrons. The average Bonchev–Trinajstić information content (AvgIpc) is 2.93. The summed E-state index contributed by atoms with van der Waals surface area (Å²) in [5, 5.41) is 9.81. The Hall–Kier alpha value is -2.66. The first kappa shape index (κ1) is 15.2. The molecule has 3 rings (SSSR count). The topological polar surface area (TPSA) is 80.4 Å². The zero-order valence-corrected chi connectivity index (χ0v) is 13.1. The van der Waals surface area contributed by atoms with Crippen LogP contribution in [0.4, 0.5) is 0 Å². The number of carbonyl (C=O) groups is 2. The van der Waals surface area contributed by atoms with Crippen LogP contribution in [0.3, 0.4) is 0 Å². The van der Waals surface area contributed by atoms with Crippen LogP contribution in [0.15, 0.2) is 48.5 Å². The summed E-state index contributed by atoms with van der Waals surface area (Å²) < 4.78 is 1.01. The van der Waals surface area contributed by atoms with Gasteiger partial charge in [-0.25, -0.2) is 0 Å². The number of rotatable bonds is 5. The Bertz CT molecular complexity index is 898. The van der Waals surface area contributed by atoms with Gasteiger partial charge in [0.15, 0.2) is 0 Å². The number of nitrogens with two attached hydrogens (primary N) is 1. The van der Waals surface area contributed by atoms with Crippen LogP contribution in [0.1, 0.15) is 21.7 Å². The zero-order chi connectivity index (χ0) is 16.4. The van der Waals surface area contributed by atoms with Crippen molar-refractivity contribution in [2.75, 3.05) is 0 Å². The van der Waals surface area contributed by atoms with Gasteiger partial charge in [-0.3, -0.25) is 9.59 Å². The predicted octanol–water partition coefficient (Wildman–Crippen LogP) is 3.68. The van der Waals surface area contributed by atoms with Crippen LogP contribution in [-0.2, 0) is 11.2 Å². The minimum Gasteiger partial charge on any atom is -0.481 e. The molecule has 0 aliphatic heterocycles. The van der Waals surface area contributed by atoms with Crippen molar-refractivity contribution < 1.29 is 14.7 Å². The number of aryl methyl sites for hydroxylation is 1. The number of amides is 1. The lowest BCUT2D eigenvalue weighted by molar-refractivity contribution is -0.136. The number of hydrogen-bond acceptors (Lipinski definition) is 3. The molecule has 0 saturated heterocycles. The minimum atomic E-state index is -0.825. The van der Waals surface area contributed by atoms with Gasteiger partial charge in [-0.15, -0.1) is 11.3 Å². The predicted molar refractivity (Wildman–Crippen MR) is 91.7 cm³/mol. The van der Waals surface area contributed by atoms with Crippen LogP contribution in [0.25, 0.3) is 21.2 Å². The fourth-order valence-corrected chi connectivity index (χ4v) is 3.72. The highest BCUT2D eigenvalue weighted by molar-refractivity contribution is 7.21. The van der Waals surface area contributed by atoms with Gasteiger partial charge in [-0.2, -0.15) is 0 Å². The van der Waals surface area contributed by atoms with Crippen molar-refractivity contribution >= 4 is 33.3 Å². The summed E-state index contributed by atoms with van der Waals surface area (Å²) in [6, 6.07) is 15.4. The van der Waals surface area contributed by atoms with Crippen LogP contribution in [0, 0.1) is 0 Å². The third kappa shape index (κ3) is 3.10. The molecule has 3 N–H and O–H groups in total. The Morgan fingerprint density at radius 2 is 1.87 bits per heavy atom. The fourth-order valence-electron chi connectivity index (χ4n) is 2.64. The second-order valence-corrected chi connectivity index (χ2v) is 6.31. The third-order valence-corrected chi connectivity index (χ3v) is 4.85. The van der Waals surface area contributed by atoms with E-state index in [1.54, 1.807) is 0 Å². The highest BCUT2D eigenvalue weighted by atomic mass is 32.1. The monoisotopic (exact) mass is 325 g/mol. The molecular weight excluding hydrogens is 310 g/mol. The van der Waals surface area contributed by atoms with Crippen molar-refractivity contribution in [1.82, 2.24) is 0 Å². The van der Waals surface area contributed by atoms with E-state index in [9.17, 15) is 9.59 Å². The number of thiophene rings is 1. The summed E-state index contributed by atoms with van der Waals surface area (Å²) in [5.41, 5.74) is 8.19. The second kappa shape index (κ2) is 6.22. The molecule has 2 aromatic carbocycles. The maximum Gasteiger partial charge on any atom is 0.303 e. The Kier molecular flexibility index (Phi) is 4.12. The van der Waals surface area contributed by atoms with Gasteiger partial charge in [0, 0.05) is 22.1 Å². The van der Waals surface area contributed by atoms with Crippen LogP contribution in [0.5, 0.6) is 0 Å². The first-order valence-electron chi connectivity index (χ1n) is 7.18. The van der Waals surface area contributed by atoms with Gasteiger partial charge in [0.05, 0.1) is 0 Å². The van der Waals surface area contributed by atoms with E-state index in [0.29, 0.717) is 11.3 Å². The van der Waals surface area contributed by atoms with Crippen LogP contribution < -0.4 is 5.73 Å². The molecule has 1 heterocycles. The Morgan fingerprint density at radius 3 is 2.61 bits per heavy atom. The van der Waals surface area contributed by atoms with Gasteiger partial charge in [-0.05, 0) is 23.6 Å².